The Morgan fingerprint density at radius 2 is 2.11 bits per heavy atom. The van der Waals surface area contributed by atoms with Crippen LogP contribution in [0.5, 0.6) is 0 Å². The average Bonchev–Trinajstić information content (AvgIpc) is 2.75. The Morgan fingerprint density at radius 1 is 1.32 bits per heavy atom. The van der Waals surface area contributed by atoms with Gasteiger partial charge in [0.25, 0.3) is 0 Å². The van der Waals surface area contributed by atoms with Crippen molar-refractivity contribution in [2.75, 3.05) is 5.32 Å². The quantitative estimate of drug-likeness (QED) is 0.792. The summed E-state index contributed by atoms with van der Waals surface area (Å²) < 4.78 is 0. The van der Waals surface area contributed by atoms with E-state index in [4.69, 9.17) is 0 Å². The molecule has 0 fully saturated rings. The molecular formula is C14H18N4O. The minimum atomic E-state index is -0.203. The van der Waals surface area contributed by atoms with E-state index in [1.54, 1.807) is 0 Å². The van der Waals surface area contributed by atoms with E-state index in [1.165, 1.54) is 0 Å². The molecule has 1 heterocycles. The van der Waals surface area contributed by atoms with Gasteiger partial charge < -0.3 is 10.6 Å². The number of anilines is 1. The maximum Gasteiger partial charge on any atom is 0.319 e. The van der Waals surface area contributed by atoms with Gasteiger partial charge in [0, 0.05) is 23.0 Å². The van der Waals surface area contributed by atoms with Crippen LogP contribution in [0, 0.1) is 6.92 Å². The minimum absolute atomic E-state index is 0.108. The summed E-state index contributed by atoms with van der Waals surface area (Å²) in [6, 6.07) is 9.47. The van der Waals surface area contributed by atoms with E-state index in [1.807, 2.05) is 51.1 Å². The van der Waals surface area contributed by atoms with Crippen molar-refractivity contribution in [3.63, 3.8) is 0 Å². The van der Waals surface area contributed by atoms with Crippen molar-refractivity contribution in [2.45, 2.75) is 26.8 Å². The molecule has 3 N–H and O–H groups in total. The van der Waals surface area contributed by atoms with Crippen LogP contribution in [0.25, 0.3) is 11.3 Å². The van der Waals surface area contributed by atoms with E-state index in [2.05, 4.69) is 20.8 Å². The van der Waals surface area contributed by atoms with Gasteiger partial charge in [0.1, 0.15) is 0 Å². The van der Waals surface area contributed by atoms with Crippen molar-refractivity contribution in [3.8, 4) is 11.3 Å². The molecule has 1 aromatic heterocycles. The van der Waals surface area contributed by atoms with Crippen molar-refractivity contribution in [1.82, 2.24) is 15.5 Å². The van der Waals surface area contributed by atoms with Crippen LogP contribution in [0.2, 0.25) is 0 Å². The molecule has 0 saturated carbocycles. The van der Waals surface area contributed by atoms with Crippen LogP contribution >= 0.6 is 0 Å². The van der Waals surface area contributed by atoms with E-state index >= 15 is 0 Å². The first-order valence-corrected chi connectivity index (χ1v) is 6.24. The van der Waals surface area contributed by atoms with Gasteiger partial charge in [-0.05, 0) is 39.0 Å². The van der Waals surface area contributed by atoms with Crippen LogP contribution in [-0.2, 0) is 0 Å². The summed E-state index contributed by atoms with van der Waals surface area (Å²) in [7, 11) is 0. The smallest absolute Gasteiger partial charge is 0.319 e. The Hall–Kier alpha value is -2.30. The number of benzene rings is 1. The van der Waals surface area contributed by atoms with Crippen molar-refractivity contribution >= 4 is 11.7 Å². The molecule has 0 atom stereocenters. The number of nitrogens with zero attached hydrogens (tertiary/aromatic N) is 1. The van der Waals surface area contributed by atoms with Crippen molar-refractivity contribution in [3.05, 3.63) is 36.0 Å². The number of hydrogen-bond acceptors (Lipinski definition) is 2. The predicted octanol–water partition coefficient (Wildman–Crippen LogP) is 2.92. The Morgan fingerprint density at radius 3 is 2.74 bits per heavy atom. The molecule has 2 rings (SSSR count). The Kier molecular flexibility index (Phi) is 3.85. The highest BCUT2D eigenvalue weighted by Gasteiger charge is 2.06. The summed E-state index contributed by atoms with van der Waals surface area (Å²) >= 11 is 0. The molecular weight excluding hydrogens is 240 g/mol. The molecule has 0 aliphatic carbocycles. The van der Waals surface area contributed by atoms with E-state index in [9.17, 15) is 4.79 Å². The molecule has 0 spiro atoms. The first-order chi connectivity index (χ1) is 9.04. The SMILES string of the molecule is Cc1cc(-c2cccc(NC(=O)NC(C)C)c2)n[nH]1. The largest absolute Gasteiger partial charge is 0.336 e. The average molecular weight is 258 g/mol. The number of aromatic nitrogens is 2. The fourth-order valence-electron chi connectivity index (χ4n) is 1.75. The number of hydrogen-bond donors (Lipinski definition) is 3. The molecule has 0 aliphatic rings. The van der Waals surface area contributed by atoms with E-state index in [0.29, 0.717) is 0 Å². The van der Waals surface area contributed by atoms with E-state index < -0.39 is 0 Å². The van der Waals surface area contributed by atoms with Crippen LogP contribution in [0.15, 0.2) is 30.3 Å². The molecule has 0 aliphatic heterocycles. The van der Waals surface area contributed by atoms with Crippen molar-refractivity contribution in [2.24, 2.45) is 0 Å². The normalized spacial score (nSPS) is 10.5. The molecule has 1 aromatic carbocycles. The van der Waals surface area contributed by atoms with Crippen molar-refractivity contribution in [1.29, 1.82) is 0 Å². The van der Waals surface area contributed by atoms with Gasteiger partial charge in [0.2, 0.25) is 0 Å². The lowest BCUT2D eigenvalue weighted by molar-refractivity contribution is 0.250. The van der Waals surface area contributed by atoms with E-state index in [0.717, 1.165) is 22.6 Å². The van der Waals surface area contributed by atoms with Gasteiger partial charge in [0.15, 0.2) is 0 Å². The molecule has 0 saturated heterocycles. The predicted molar refractivity (Wildman–Crippen MR) is 76.1 cm³/mol. The van der Waals surface area contributed by atoms with Gasteiger partial charge in [0.05, 0.1) is 5.69 Å². The molecule has 19 heavy (non-hydrogen) atoms. The molecule has 2 amide bonds. The highest BCUT2D eigenvalue weighted by Crippen LogP contribution is 2.21. The number of nitrogens with one attached hydrogen (secondary N) is 3. The topological polar surface area (TPSA) is 69.8 Å². The highest BCUT2D eigenvalue weighted by molar-refractivity contribution is 5.90. The Bertz CT molecular complexity index is 574. The number of carbonyl (C=O) groups excluding carboxylic acids is 1. The highest BCUT2D eigenvalue weighted by atomic mass is 16.2. The third-order valence-corrected chi connectivity index (χ3v) is 2.54. The summed E-state index contributed by atoms with van der Waals surface area (Å²) in [5, 5.41) is 12.7. The summed E-state index contributed by atoms with van der Waals surface area (Å²) in [6.45, 7) is 5.79. The molecule has 0 radical (unpaired) electrons. The molecule has 5 nitrogen and oxygen atoms in total. The first-order valence-electron chi connectivity index (χ1n) is 6.24. The Balaban J connectivity index is 2.13. The van der Waals surface area contributed by atoms with Crippen molar-refractivity contribution < 1.29 is 4.79 Å². The molecule has 2 aromatic rings. The first kappa shape index (κ1) is 13.1. The second-order valence-electron chi connectivity index (χ2n) is 4.77. The lowest BCUT2D eigenvalue weighted by atomic mass is 10.1. The third kappa shape index (κ3) is 3.58. The standard InChI is InChI=1S/C14H18N4O/c1-9(2)15-14(19)16-12-6-4-5-11(8-12)13-7-10(3)17-18-13/h4-9H,1-3H3,(H,17,18)(H2,15,16,19). The molecule has 0 unspecified atom stereocenters. The fourth-order valence-corrected chi connectivity index (χ4v) is 1.75. The summed E-state index contributed by atoms with van der Waals surface area (Å²) in [5.41, 5.74) is 3.58. The number of amides is 2. The maximum atomic E-state index is 11.6. The van der Waals surface area contributed by atoms with Gasteiger partial charge in [-0.15, -0.1) is 0 Å². The van der Waals surface area contributed by atoms with Gasteiger partial charge in [-0.1, -0.05) is 12.1 Å². The number of aryl methyl sites for hydroxylation is 1. The zero-order chi connectivity index (χ0) is 13.8. The van der Waals surface area contributed by atoms with Gasteiger partial charge in [-0.25, -0.2) is 4.79 Å². The molecule has 5 heteroatoms. The lowest BCUT2D eigenvalue weighted by Gasteiger charge is -2.10. The fraction of sp³-hybridized carbons (Fsp3) is 0.286. The van der Waals surface area contributed by atoms with Crippen LogP contribution in [0.3, 0.4) is 0 Å². The van der Waals surface area contributed by atoms with E-state index in [-0.39, 0.29) is 12.1 Å². The zero-order valence-corrected chi connectivity index (χ0v) is 11.3. The van der Waals surface area contributed by atoms with Gasteiger partial charge in [-0.3, -0.25) is 5.10 Å². The Labute approximate surface area is 112 Å². The van der Waals surface area contributed by atoms with Gasteiger partial charge in [-0.2, -0.15) is 5.10 Å². The number of carbonyl (C=O) groups is 1. The summed E-state index contributed by atoms with van der Waals surface area (Å²) in [5.74, 6) is 0. The van der Waals surface area contributed by atoms with Gasteiger partial charge >= 0.3 is 6.03 Å². The van der Waals surface area contributed by atoms with Crippen LogP contribution in [0.4, 0.5) is 10.5 Å². The monoisotopic (exact) mass is 258 g/mol. The van der Waals surface area contributed by atoms with Crippen LogP contribution < -0.4 is 10.6 Å². The second-order valence-corrected chi connectivity index (χ2v) is 4.77. The van der Waals surface area contributed by atoms with Crippen LogP contribution in [0.1, 0.15) is 19.5 Å². The summed E-state index contributed by atoms with van der Waals surface area (Å²) in [6.07, 6.45) is 0. The third-order valence-electron chi connectivity index (χ3n) is 2.54. The maximum absolute atomic E-state index is 11.6. The lowest BCUT2D eigenvalue weighted by Crippen LogP contribution is -2.34. The number of rotatable bonds is 3. The molecule has 100 valence electrons. The second kappa shape index (κ2) is 5.56. The minimum Gasteiger partial charge on any atom is -0.336 e. The number of urea groups is 1. The summed E-state index contributed by atoms with van der Waals surface area (Å²) in [4.78, 5) is 11.6. The van der Waals surface area contributed by atoms with Crippen LogP contribution in [-0.4, -0.2) is 22.3 Å². The zero-order valence-electron chi connectivity index (χ0n) is 11.3. The molecule has 0 bridgehead atoms. The number of H-pyrrole nitrogens is 1. The number of aromatic amines is 1.